The molecule has 0 aliphatic heterocycles. The fourth-order valence-corrected chi connectivity index (χ4v) is 6.57. The van der Waals surface area contributed by atoms with Gasteiger partial charge in [-0.2, -0.15) is 0 Å². The lowest BCUT2D eigenvalue weighted by atomic mass is 10.1. The molecule has 5 N–H and O–H groups in total. The molecule has 0 fully saturated rings. The Balaban J connectivity index is 1.25. The molecule has 2 aromatic carbocycles. The number of primary amides is 1. The Morgan fingerprint density at radius 3 is 2.00 bits per heavy atom. The normalized spacial score (nSPS) is 11.4. The van der Waals surface area contributed by atoms with Crippen LogP contribution < -0.4 is 11.1 Å². The number of pyridine rings is 1. The van der Waals surface area contributed by atoms with Crippen molar-refractivity contribution < 1.29 is 14.4 Å². The molecule has 3 heterocycles. The molecule has 0 saturated carbocycles. The molecule has 270 valence electrons. The van der Waals surface area contributed by atoms with Crippen LogP contribution in [0.3, 0.4) is 0 Å². The molecule has 0 aliphatic rings. The van der Waals surface area contributed by atoms with Gasteiger partial charge >= 0.3 is 0 Å². The van der Waals surface area contributed by atoms with Crippen LogP contribution in [0.2, 0.25) is 0 Å². The Hall–Kier alpha value is -5.00. The Labute approximate surface area is 300 Å². The van der Waals surface area contributed by atoms with Gasteiger partial charge < -0.3 is 30.8 Å². The van der Waals surface area contributed by atoms with Crippen molar-refractivity contribution in [2.24, 2.45) is 5.73 Å². The summed E-state index contributed by atoms with van der Waals surface area (Å²) in [7, 11) is 0. The Kier molecular flexibility index (Phi) is 14.2. The van der Waals surface area contributed by atoms with Crippen molar-refractivity contribution in [1.29, 1.82) is 0 Å². The van der Waals surface area contributed by atoms with E-state index in [0.717, 1.165) is 46.8 Å². The molecule has 0 unspecified atom stereocenters. The van der Waals surface area contributed by atoms with E-state index in [1.807, 2.05) is 58.6 Å². The van der Waals surface area contributed by atoms with Crippen molar-refractivity contribution >= 4 is 39.5 Å². The molecule has 51 heavy (non-hydrogen) atoms. The van der Waals surface area contributed by atoms with Crippen molar-refractivity contribution in [1.82, 2.24) is 35.0 Å². The summed E-state index contributed by atoms with van der Waals surface area (Å²) in [5, 5.41) is 5.63. The lowest BCUT2D eigenvalue weighted by Crippen LogP contribution is -2.46. The van der Waals surface area contributed by atoms with E-state index in [0.29, 0.717) is 65.1 Å². The van der Waals surface area contributed by atoms with Gasteiger partial charge in [0.25, 0.3) is 0 Å². The van der Waals surface area contributed by atoms with Crippen molar-refractivity contribution in [3.63, 3.8) is 0 Å². The number of rotatable bonds is 22. The van der Waals surface area contributed by atoms with Crippen LogP contribution >= 0.6 is 0 Å². The molecule has 0 radical (unpaired) electrons. The molecular formula is C40H52N8O3. The molecule has 3 amide bonds. The van der Waals surface area contributed by atoms with Crippen LogP contribution in [0.5, 0.6) is 0 Å². The summed E-state index contributed by atoms with van der Waals surface area (Å²) in [5.74, 6) is -0.247. The number of para-hydroxylation sites is 2. The van der Waals surface area contributed by atoms with E-state index < -0.39 is 0 Å². The third-order valence-corrected chi connectivity index (χ3v) is 9.37. The van der Waals surface area contributed by atoms with Gasteiger partial charge in [0.2, 0.25) is 17.7 Å². The first-order valence-corrected chi connectivity index (χ1v) is 18.2. The highest BCUT2D eigenvalue weighted by atomic mass is 16.2. The minimum atomic E-state index is -0.322. The predicted molar refractivity (Wildman–Crippen MR) is 203 cm³/mol. The number of hydrogen-bond acceptors (Lipinski definition) is 6. The average Bonchev–Trinajstić information content (AvgIpc) is 3.76. The van der Waals surface area contributed by atoms with Crippen molar-refractivity contribution in [2.75, 3.05) is 52.4 Å². The van der Waals surface area contributed by atoms with E-state index >= 15 is 0 Å². The summed E-state index contributed by atoms with van der Waals surface area (Å²) >= 11 is 0. The first-order valence-electron chi connectivity index (χ1n) is 18.2. The topological polar surface area (TPSA) is 143 Å². The molecular weight excluding hydrogens is 640 g/mol. The van der Waals surface area contributed by atoms with Gasteiger partial charge in [0.1, 0.15) is 0 Å². The molecule has 0 spiro atoms. The number of benzene rings is 2. The van der Waals surface area contributed by atoms with Gasteiger partial charge in [-0.3, -0.25) is 24.3 Å². The fraction of sp³-hybridized carbons (Fsp3) is 0.400. The van der Waals surface area contributed by atoms with Crippen LogP contribution in [-0.2, 0) is 33.8 Å². The lowest BCUT2D eigenvalue weighted by molar-refractivity contribution is -0.132. The number of amides is 3. The van der Waals surface area contributed by atoms with Crippen LogP contribution in [0.1, 0.15) is 49.3 Å². The number of aromatic amines is 2. The highest BCUT2D eigenvalue weighted by molar-refractivity contribution is 5.84. The van der Waals surface area contributed by atoms with Crippen molar-refractivity contribution in [3.8, 4) is 0 Å². The minimum absolute atomic E-state index is 0.00470. The molecule has 11 nitrogen and oxygen atoms in total. The van der Waals surface area contributed by atoms with E-state index in [9.17, 15) is 14.4 Å². The zero-order valence-corrected chi connectivity index (χ0v) is 29.8. The summed E-state index contributed by atoms with van der Waals surface area (Å²) < 4.78 is 0. The maximum Gasteiger partial charge on any atom is 0.236 e. The Morgan fingerprint density at radius 1 is 0.745 bits per heavy atom. The number of nitrogens with two attached hydrogens (primary N) is 1. The van der Waals surface area contributed by atoms with Crippen LogP contribution in [0, 0.1) is 0 Å². The maximum atomic E-state index is 13.9. The maximum absolute atomic E-state index is 13.9. The van der Waals surface area contributed by atoms with E-state index in [1.54, 1.807) is 12.4 Å². The quantitative estimate of drug-likeness (QED) is 0.0779. The highest BCUT2D eigenvalue weighted by Gasteiger charge is 2.21. The first-order chi connectivity index (χ1) is 24.9. The van der Waals surface area contributed by atoms with Gasteiger partial charge in [-0.05, 0) is 73.5 Å². The summed E-state index contributed by atoms with van der Waals surface area (Å²) in [5.41, 5.74) is 11.0. The molecule has 5 rings (SSSR count). The molecule has 0 saturated heterocycles. The number of nitrogens with zero attached hydrogens (tertiary/aromatic N) is 4. The van der Waals surface area contributed by atoms with Crippen LogP contribution in [0.15, 0.2) is 85.5 Å². The fourth-order valence-electron chi connectivity index (χ4n) is 6.57. The lowest BCUT2D eigenvalue weighted by Gasteiger charge is -2.30. The van der Waals surface area contributed by atoms with Crippen molar-refractivity contribution in [3.05, 3.63) is 102 Å². The number of fused-ring (bicyclic) bond motifs is 2. The molecule has 0 atom stereocenters. The second-order valence-corrected chi connectivity index (χ2v) is 13.1. The zero-order chi connectivity index (χ0) is 35.8. The van der Waals surface area contributed by atoms with E-state index in [1.165, 1.54) is 10.9 Å². The monoisotopic (exact) mass is 692 g/mol. The molecule has 0 bridgehead atoms. The smallest absolute Gasteiger partial charge is 0.236 e. The minimum Gasteiger partial charge on any atom is -0.370 e. The van der Waals surface area contributed by atoms with Gasteiger partial charge in [-0.15, -0.1) is 0 Å². The summed E-state index contributed by atoms with van der Waals surface area (Å²) in [6, 6.07) is 20.3. The molecule has 5 aromatic rings. The van der Waals surface area contributed by atoms with Gasteiger partial charge in [-0.1, -0.05) is 49.4 Å². The molecule has 3 aromatic heterocycles. The third-order valence-electron chi connectivity index (χ3n) is 9.37. The average molecular weight is 693 g/mol. The Morgan fingerprint density at radius 2 is 1.39 bits per heavy atom. The van der Waals surface area contributed by atoms with Crippen LogP contribution in [-0.4, -0.2) is 99.7 Å². The zero-order valence-electron chi connectivity index (χ0n) is 29.8. The molecule has 0 aliphatic carbocycles. The van der Waals surface area contributed by atoms with E-state index in [2.05, 4.69) is 56.4 Å². The second kappa shape index (κ2) is 19.4. The Bertz CT molecular complexity index is 1840. The van der Waals surface area contributed by atoms with Gasteiger partial charge in [0.05, 0.1) is 13.1 Å². The summed E-state index contributed by atoms with van der Waals surface area (Å²) in [6.07, 6.45) is 11.6. The number of unbranched alkanes of at least 4 members (excludes halogenated alkanes) is 1. The summed E-state index contributed by atoms with van der Waals surface area (Å²) in [6.45, 7) is 6.56. The van der Waals surface area contributed by atoms with Crippen molar-refractivity contribution in [2.45, 2.75) is 52.0 Å². The van der Waals surface area contributed by atoms with Gasteiger partial charge in [0.15, 0.2) is 0 Å². The van der Waals surface area contributed by atoms with Gasteiger partial charge in [-0.25, -0.2) is 0 Å². The van der Waals surface area contributed by atoms with Crippen LogP contribution in [0.4, 0.5) is 0 Å². The van der Waals surface area contributed by atoms with Gasteiger partial charge in [0, 0.05) is 92.3 Å². The second-order valence-electron chi connectivity index (χ2n) is 13.1. The standard InChI is InChI=1S/C40H52N8O3/c1-2-19-47(21-16-32-27-44-36-13-5-3-11-34(32)36)40(51)30-46(20-8-7-15-38(41)49)23-24-48(39(50)29-43-26-31-10-9-18-42-25-31)22-17-33-28-45-37-14-6-4-12-35(33)37/h3-6,9-14,18,25,27-28,43-45H,2,7-8,15-17,19-24,26,29-30H2,1H3,(H2,41,49). The highest BCUT2D eigenvalue weighted by Crippen LogP contribution is 2.20. The third kappa shape index (κ3) is 11.2. The van der Waals surface area contributed by atoms with E-state index in [-0.39, 0.29) is 30.8 Å². The van der Waals surface area contributed by atoms with E-state index in [4.69, 9.17) is 5.73 Å². The number of H-pyrrole nitrogens is 2. The largest absolute Gasteiger partial charge is 0.370 e. The summed E-state index contributed by atoms with van der Waals surface area (Å²) in [4.78, 5) is 55.9. The number of aromatic nitrogens is 3. The molecule has 11 heteroatoms. The first kappa shape index (κ1) is 37.3. The number of carbonyl (C=O) groups is 3. The SMILES string of the molecule is CCCN(CCc1c[nH]c2ccccc12)C(=O)CN(CCCCC(N)=O)CCN(CCc1c[nH]c2ccccc12)C(=O)CNCc1cccnc1. The number of hydrogen-bond donors (Lipinski definition) is 4. The predicted octanol–water partition coefficient (Wildman–Crippen LogP) is 4.64. The van der Waals surface area contributed by atoms with Crippen LogP contribution in [0.25, 0.3) is 21.8 Å². The number of carbonyl (C=O) groups excluding carboxylic acids is 3. The number of nitrogens with one attached hydrogen (secondary N) is 3.